The molecule has 0 saturated heterocycles. The van der Waals surface area contributed by atoms with Gasteiger partial charge in [0.25, 0.3) is 0 Å². The van der Waals surface area contributed by atoms with E-state index >= 15 is 0 Å². The van der Waals surface area contributed by atoms with Gasteiger partial charge in [0.15, 0.2) is 17.3 Å². The number of methoxy groups -OCH3 is 1. The molecule has 0 aliphatic carbocycles. The summed E-state index contributed by atoms with van der Waals surface area (Å²) in [6, 6.07) is 16.7. The topological polar surface area (TPSA) is 47.4 Å². The molecule has 1 heterocycles. The first-order valence-electron chi connectivity index (χ1n) is 11.9. The zero-order valence-electron chi connectivity index (χ0n) is 21.3. The second kappa shape index (κ2) is 10.8. The summed E-state index contributed by atoms with van der Waals surface area (Å²) in [4.78, 5) is 19.8. The molecule has 1 aromatic heterocycles. The summed E-state index contributed by atoms with van der Waals surface area (Å²) in [5.41, 5.74) is 5.35. The Morgan fingerprint density at radius 2 is 1.81 bits per heavy atom. The number of carbonyl (C=O) groups excluding carboxylic acids is 1. The monoisotopic (exact) mass is 507 g/mol. The Morgan fingerprint density at radius 1 is 1.06 bits per heavy atom. The Kier molecular flexibility index (Phi) is 7.76. The predicted octanol–water partition coefficient (Wildman–Crippen LogP) is 6.85. The van der Waals surface area contributed by atoms with E-state index in [-0.39, 0.29) is 24.0 Å². The van der Waals surface area contributed by atoms with Crippen molar-refractivity contribution < 1.29 is 13.9 Å². The third-order valence-corrected chi connectivity index (χ3v) is 6.14. The van der Waals surface area contributed by atoms with Gasteiger partial charge in [-0.3, -0.25) is 4.79 Å². The number of fused-ring (bicyclic) bond motifs is 1. The van der Waals surface area contributed by atoms with Crippen molar-refractivity contribution in [3.8, 4) is 28.3 Å². The molecule has 4 aromatic rings. The first kappa shape index (κ1) is 25.9. The number of rotatable bonds is 9. The van der Waals surface area contributed by atoms with Crippen LogP contribution in [0.15, 0.2) is 54.6 Å². The van der Waals surface area contributed by atoms with Crippen LogP contribution in [0.1, 0.15) is 25.8 Å². The van der Waals surface area contributed by atoms with Gasteiger partial charge in [0.1, 0.15) is 5.82 Å². The lowest BCUT2D eigenvalue weighted by Gasteiger charge is -2.13. The third kappa shape index (κ3) is 5.77. The van der Waals surface area contributed by atoms with Crippen LogP contribution in [0.2, 0.25) is 5.02 Å². The Labute approximate surface area is 216 Å². The van der Waals surface area contributed by atoms with E-state index in [9.17, 15) is 9.18 Å². The normalized spacial score (nSPS) is 11.6. The molecule has 0 N–H and O–H groups in total. The standard InChI is InChI=1S/C29H31ClFN3O2/c1-18(2)10-24(35)17-34-27-14-20(22-11-19(16-33(3)4)12-23(30)13-22)7-9-26(27)32-29(34)21-6-8-25(31)28(15-21)36-5/h6-9,11-15,18H,10,16-17H2,1-5H3. The van der Waals surface area contributed by atoms with Crippen LogP contribution in [0.5, 0.6) is 5.75 Å². The number of hydrogen-bond acceptors (Lipinski definition) is 4. The molecular formula is C29H31ClFN3O2. The molecule has 0 aliphatic rings. The van der Waals surface area contributed by atoms with Gasteiger partial charge in [-0.2, -0.15) is 0 Å². The van der Waals surface area contributed by atoms with Crippen molar-refractivity contribution in [2.45, 2.75) is 33.4 Å². The fourth-order valence-corrected chi connectivity index (χ4v) is 4.71. The van der Waals surface area contributed by atoms with E-state index in [1.807, 2.05) is 62.8 Å². The SMILES string of the molecule is COc1cc(-c2nc3ccc(-c4cc(Cl)cc(CN(C)C)c4)cc3n2CC(=O)CC(C)C)ccc1F. The van der Waals surface area contributed by atoms with Crippen molar-refractivity contribution >= 4 is 28.4 Å². The number of imidazole rings is 1. The maximum absolute atomic E-state index is 14.1. The fraction of sp³-hybridized carbons (Fsp3) is 0.310. The molecule has 0 aliphatic heterocycles. The lowest BCUT2D eigenvalue weighted by atomic mass is 10.0. The Morgan fingerprint density at radius 3 is 2.50 bits per heavy atom. The molecule has 36 heavy (non-hydrogen) atoms. The molecule has 7 heteroatoms. The highest BCUT2D eigenvalue weighted by molar-refractivity contribution is 6.31. The summed E-state index contributed by atoms with van der Waals surface area (Å²) < 4.78 is 21.2. The lowest BCUT2D eigenvalue weighted by molar-refractivity contribution is -0.120. The maximum atomic E-state index is 14.1. The molecule has 4 rings (SSSR count). The van der Waals surface area contributed by atoms with Gasteiger partial charge >= 0.3 is 0 Å². The number of ether oxygens (including phenoxy) is 1. The molecule has 0 bridgehead atoms. The quantitative estimate of drug-likeness (QED) is 0.248. The van der Waals surface area contributed by atoms with Gasteiger partial charge in [0, 0.05) is 23.6 Å². The third-order valence-electron chi connectivity index (χ3n) is 5.92. The van der Waals surface area contributed by atoms with Crippen LogP contribution in [0, 0.1) is 11.7 Å². The number of carbonyl (C=O) groups is 1. The predicted molar refractivity (Wildman–Crippen MR) is 144 cm³/mol. The van der Waals surface area contributed by atoms with Crippen LogP contribution >= 0.6 is 11.6 Å². The Hall–Kier alpha value is -3.22. The van der Waals surface area contributed by atoms with Crippen LogP contribution in [0.3, 0.4) is 0 Å². The number of aromatic nitrogens is 2. The van der Waals surface area contributed by atoms with Crippen LogP contribution in [0.4, 0.5) is 4.39 Å². The lowest BCUT2D eigenvalue weighted by Crippen LogP contribution is -2.13. The maximum Gasteiger partial charge on any atom is 0.165 e. The average molecular weight is 508 g/mol. The van der Waals surface area contributed by atoms with E-state index in [0.29, 0.717) is 22.8 Å². The Balaban J connectivity index is 1.87. The van der Waals surface area contributed by atoms with Gasteiger partial charge in [0.2, 0.25) is 0 Å². The van der Waals surface area contributed by atoms with Crippen LogP contribution < -0.4 is 4.74 Å². The van der Waals surface area contributed by atoms with E-state index in [4.69, 9.17) is 21.3 Å². The summed E-state index contributed by atoms with van der Waals surface area (Å²) in [6.07, 6.45) is 0.466. The van der Waals surface area contributed by atoms with E-state index in [1.165, 1.54) is 13.2 Å². The molecule has 0 amide bonds. The van der Waals surface area contributed by atoms with Gasteiger partial charge in [0.05, 0.1) is 24.7 Å². The zero-order valence-corrected chi connectivity index (χ0v) is 22.1. The number of benzene rings is 3. The van der Waals surface area contributed by atoms with E-state index in [0.717, 1.165) is 34.3 Å². The first-order chi connectivity index (χ1) is 17.1. The number of hydrogen-bond donors (Lipinski definition) is 0. The molecule has 0 spiro atoms. The van der Waals surface area contributed by atoms with Crippen molar-refractivity contribution in [3.63, 3.8) is 0 Å². The van der Waals surface area contributed by atoms with Gasteiger partial charge in [-0.1, -0.05) is 31.5 Å². The van der Waals surface area contributed by atoms with Crippen molar-refractivity contribution in [2.75, 3.05) is 21.2 Å². The van der Waals surface area contributed by atoms with Crippen molar-refractivity contribution in [1.29, 1.82) is 0 Å². The minimum atomic E-state index is -0.448. The van der Waals surface area contributed by atoms with Crippen LogP contribution in [-0.2, 0) is 17.9 Å². The van der Waals surface area contributed by atoms with E-state index < -0.39 is 5.82 Å². The molecule has 0 saturated carbocycles. The summed E-state index contributed by atoms with van der Waals surface area (Å²) in [6.45, 7) is 5.00. The highest BCUT2D eigenvalue weighted by atomic mass is 35.5. The highest BCUT2D eigenvalue weighted by Gasteiger charge is 2.18. The largest absolute Gasteiger partial charge is 0.494 e. The smallest absolute Gasteiger partial charge is 0.165 e. The van der Waals surface area contributed by atoms with Crippen molar-refractivity contribution in [3.05, 3.63) is 71.0 Å². The first-order valence-corrected chi connectivity index (χ1v) is 12.3. The summed E-state index contributed by atoms with van der Waals surface area (Å²) in [5.74, 6) is 0.640. The number of ketones is 1. The molecule has 188 valence electrons. The molecule has 5 nitrogen and oxygen atoms in total. The number of nitrogens with zero attached hydrogens (tertiary/aromatic N) is 3. The summed E-state index contributed by atoms with van der Waals surface area (Å²) in [7, 11) is 5.47. The Bertz CT molecular complexity index is 1410. The molecule has 0 unspecified atom stereocenters. The van der Waals surface area contributed by atoms with Gasteiger partial charge in [-0.05, 0) is 85.2 Å². The minimum absolute atomic E-state index is 0.112. The number of Topliss-reactive ketones (excluding diaryl/α,β-unsaturated/α-hetero) is 1. The van der Waals surface area contributed by atoms with Crippen LogP contribution in [-0.4, -0.2) is 41.4 Å². The zero-order chi connectivity index (χ0) is 26.0. The highest BCUT2D eigenvalue weighted by Crippen LogP contribution is 2.33. The van der Waals surface area contributed by atoms with Gasteiger partial charge in [-0.15, -0.1) is 0 Å². The van der Waals surface area contributed by atoms with E-state index in [2.05, 4.69) is 11.0 Å². The molecule has 0 atom stereocenters. The molecule has 0 radical (unpaired) electrons. The molecule has 0 fully saturated rings. The fourth-order valence-electron chi connectivity index (χ4n) is 4.45. The van der Waals surface area contributed by atoms with E-state index in [1.54, 1.807) is 12.1 Å². The average Bonchev–Trinajstić information content (AvgIpc) is 3.15. The summed E-state index contributed by atoms with van der Waals surface area (Å²) in [5, 5.41) is 0.671. The minimum Gasteiger partial charge on any atom is -0.494 e. The van der Waals surface area contributed by atoms with Crippen molar-refractivity contribution in [1.82, 2.24) is 14.5 Å². The van der Waals surface area contributed by atoms with Crippen molar-refractivity contribution in [2.24, 2.45) is 5.92 Å². The second-order valence-corrected chi connectivity index (χ2v) is 10.2. The van der Waals surface area contributed by atoms with Gasteiger partial charge in [-0.25, -0.2) is 9.37 Å². The van der Waals surface area contributed by atoms with Crippen LogP contribution in [0.25, 0.3) is 33.5 Å². The molecular weight excluding hydrogens is 477 g/mol. The second-order valence-electron chi connectivity index (χ2n) is 9.80. The molecule has 3 aromatic carbocycles. The van der Waals surface area contributed by atoms with Gasteiger partial charge < -0.3 is 14.2 Å². The summed E-state index contributed by atoms with van der Waals surface area (Å²) >= 11 is 6.45. The number of halogens is 2.